The average Bonchev–Trinajstić information content (AvgIpc) is 3.53. The quantitative estimate of drug-likeness (QED) is 0.206. The number of nitrogens with zero attached hydrogens (tertiary/aromatic N) is 3. The summed E-state index contributed by atoms with van der Waals surface area (Å²) < 4.78 is 2.06. The summed E-state index contributed by atoms with van der Waals surface area (Å²) in [5.41, 5.74) is 8.77. The van der Waals surface area contributed by atoms with Gasteiger partial charge in [-0.2, -0.15) is 0 Å². The van der Waals surface area contributed by atoms with Gasteiger partial charge in [-0.05, 0) is 67.9 Å². The summed E-state index contributed by atoms with van der Waals surface area (Å²) >= 11 is 0. The van der Waals surface area contributed by atoms with Crippen LogP contribution in [-0.2, 0) is 0 Å². The molecule has 0 atom stereocenters. The molecule has 0 bridgehead atoms. The van der Waals surface area contributed by atoms with Gasteiger partial charge >= 0.3 is 0 Å². The third kappa shape index (κ3) is 3.75. The first-order valence-corrected chi connectivity index (χ1v) is 14.6. The highest BCUT2D eigenvalue weighted by atomic mass is 15.0. The van der Waals surface area contributed by atoms with Crippen molar-refractivity contribution in [2.24, 2.45) is 0 Å². The standard InChI is InChI=1S/C40H25N3/c1-2-10-26(11-3-1)29-22-36-39-32-14-6-4-12-30(32)34(23-35(39)31-13-5-7-15-33(31)40(36)41-24-29)27-17-19-28(20-18-27)37-25-43-21-9-8-16-38(43)42-37/h1-25H. The Morgan fingerprint density at radius 2 is 1.16 bits per heavy atom. The van der Waals surface area contributed by atoms with Crippen molar-refractivity contribution >= 4 is 48.9 Å². The predicted octanol–water partition coefficient (Wildman–Crippen LogP) is 10.3. The minimum absolute atomic E-state index is 0.950. The van der Waals surface area contributed by atoms with Gasteiger partial charge in [-0.15, -0.1) is 0 Å². The van der Waals surface area contributed by atoms with E-state index < -0.39 is 0 Å². The molecule has 0 aliphatic carbocycles. The summed E-state index contributed by atoms with van der Waals surface area (Å²) in [6.07, 6.45) is 6.13. The van der Waals surface area contributed by atoms with Crippen molar-refractivity contribution in [3.05, 3.63) is 152 Å². The first-order chi connectivity index (χ1) is 21.3. The van der Waals surface area contributed by atoms with Gasteiger partial charge in [0.25, 0.3) is 0 Å². The molecule has 0 amide bonds. The van der Waals surface area contributed by atoms with Gasteiger partial charge in [0.15, 0.2) is 0 Å². The van der Waals surface area contributed by atoms with Crippen LogP contribution in [0.5, 0.6) is 0 Å². The van der Waals surface area contributed by atoms with Crippen molar-refractivity contribution in [3.8, 4) is 33.5 Å². The van der Waals surface area contributed by atoms with Gasteiger partial charge < -0.3 is 4.40 Å². The second-order valence-corrected chi connectivity index (χ2v) is 11.1. The highest BCUT2D eigenvalue weighted by Gasteiger charge is 2.16. The number of pyridine rings is 2. The Kier molecular flexibility index (Phi) is 5.20. The van der Waals surface area contributed by atoms with E-state index in [0.717, 1.165) is 28.0 Å². The molecule has 200 valence electrons. The summed E-state index contributed by atoms with van der Waals surface area (Å²) in [7, 11) is 0. The van der Waals surface area contributed by atoms with E-state index in [1.165, 1.54) is 54.4 Å². The predicted molar refractivity (Wildman–Crippen MR) is 179 cm³/mol. The van der Waals surface area contributed by atoms with E-state index in [2.05, 4.69) is 126 Å². The largest absolute Gasteiger partial charge is 0.306 e. The molecule has 0 saturated heterocycles. The van der Waals surface area contributed by atoms with Crippen molar-refractivity contribution in [1.82, 2.24) is 14.4 Å². The Labute approximate surface area is 248 Å². The van der Waals surface area contributed by atoms with E-state index >= 15 is 0 Å². The Balaban J connectivity index is 1.31. The zero-order valence-electron chi connectivity index (χ0n) is 23.3. The van der Waals surface area contributed by atoms with Crippen molar-refractivity contribution in [1.29, 1.82) is 0 Å². The molecule has 0 aliphatic heterocycles. The Morgan fingerprint density at radius 3 is 1.98 bits per heavy atom. The number of rotatable bonds is 3. The number of fused-ring (bicyclic) bond motifs is 9. The lowest BCUT2D eigenvalue weighted by Crippen LogP contribution is -1.91. The number of benzene rings is 6. The van der Waals surface area contributed by atoms with E-state index in [-0.39, 0.29) is 0 Å². The molecule has 3 heteroatoms. The zero-order chi connectivity index (χ0) is 28.3. The first-order valence-electron chi connectivity index (χ1n) is 14.6. The smallest absolute Gasteiger partial charge is 0.137 e. The van der Waals surface area contributed by atoms with E-state index in [1.807, 2.05) is 30.6 Å². The van der Waals surface area contributed by atoms with Crippen LogP contribution in [-0.4, -0.2) is 14.4 Å². The van der Waals surface area contributed by atoms with Crippen molar-refractivity contribution in [2.75, 3.05) is 0 Å². The van der Waals surface area contributed by atoms with E-state index in [0.29, 0.717) is 0 Å². The maximum absolute atomic E-state index is 5.07. The molecule has 0 unspecified atom stereocenters. The number of imidazole rings is 1. The molecule has 0 saturated carbocycles. The Hall–Kier alpha value is -5.80. The van der Waals surface area contributed by atoms with Gasteiger partial charge in [-0.3, -0.25) is 4.98 Å². The lowest BCUT2D eigenvalue weighted by atomic mass is 9.88. The minimum Gasteiger partial charge on any atom is -0.306 e. The molecule has 43 heavy (non-hydrogen) atoms. The Bertz CT molecular complexity index is 2460. The van der Waals surface area contributed by atoms with Gasteiger partial charge in [0.2, 0.25) is 0 Å². The van der Waals surface area contributed by atoms with Crippen molar-refractivity contribution < 1.29 is 0 Å². The van der Waals surface area contributed by atoms with Crippen LogP contribution in [0.25, 0.3) is 82.4 Å². The fourth-order valence-corrected chi connectivity index (χ4v) is 6.59. The third-order valence-corrected chi connectivity index (χ3v) is 8.64. The summed E-state index contributed by atoms with van der Waals surface area (Å²) in [5, 5.41) is 8.54. The maximum atomic E-state index is 5.07. The normalized spacial score (nSPS) is 11.7. The van der Waals surface area contributed by atoms with E-state index in [1.54, 1.807) is 0 Å². The topological polar surface area (TPSA) is 30.2 Å². The molecule has 0 N–H and O–H groups in total. The average molecular weight is 548 g/mol. The molecule has 0 spiro atoms. The zero-order valence-corrected chi connectivity index (χ0v) is 23.3. The summed E-state index contributed by atoms with van der Waals surface area (Å²) in [4.78, 5) is 9.90. The van der Waals surface area contributed by atoms with Crippen LogP contribution in [0.2, 0.25) is 0 Å². The van der Waals surface area contributed by atoms with Crippen molar-refractivity contribution in [2.45, 2.75) is 0 Å². The van der Waals surface area contributed by atoms with E-state index in [9.17, 15) is 0 Å². The first kappa shape index (κ1) is 23.9. The highest BCUT2D eigenvalue weighted by molar-refractivity contribution is 6.32. The van der Waals surface area contributed by atoms with Crippen LogP contribution in [0.15, 0.2) is 152 Å². The van der Waals surface area contributed by atoms with Crippen LogP contribution in [0.4, 0.5) is 0 Å². The monoisotopic (exact) mass is 547 g/mol. The molecule has 3 aromatic heterocycles. The molecule has 9 aromatic rings. The maximum Gasteiger partial charge on any atom is 0.137 e. The minimum atomic E-state index is 0.950. The number of hydrogen-bond acceptors (Lipinski definition) is 2. The summed E-state index contributed by atoms with van der Waals surface area (Å²) in [5.74, 6) is 0. The molecule has 0 fully saturated rings. The van der Waals surface area contributed by atoms with E-state index in [4.69, 9.17) is 9.97 Å². The van der Waals surface area contributed by atoms with Crippen LogP contribution in [0.3, 0.4) is 0 Å². The van der Waals surface area contributed by atoms with Gasteiger partial charge in [0, 0.05) is 40.5 Å². The van der Waals surface area contributed by atoms with Gasteiger partial charge in [-0.1, -0.05) is 109 Å². The SMILES string of the molecule is c1ccc(-c2cnc3c4ccccc4c4cc(-c5ccc(-c6cn7ccccc7n6)cc5)c5ccccc5c4c3c2)cc1. The molecular formula is C40H25N3. The second kappa shape index (κ2) is 9.37. The third-order valence-electron chi connectivity index (χ3n) is 8.64. The fraction of sp³-hybridized carbons (Fsp3) is 0. The molecule has 6 aromatic carbocycles. The molecule has 9 rings (SSSR count). The molecule has 0 aliphatic rings. The van der Waals surface area contributed by atoms with Gasteiger partial charge in [0.1, 0.15) is 5.65 Å². The van der Waals surface area contributed by atoms with Crippen molar-refractivity contribution in [3.63, 3.8) is 0 Å². The summed E-state index contributed by atoms with van der Waals surface area (Å²) in [6, 6.07) is 47.6. The number of aromatic nitrogens is 3. The summed E-state index contributed by atoms with van der Waals surface area (Å²) in [6.45, 7) is 0. The van der Waals surface area contributed by atoms with Gasteiger partial charge in [0.05, 0.1) is 11.2 Å². The molecule has 0 radical (unpaired) electrons. The lowest BCUT2D eigenvalue weighted by molar-refractivity contribution is 1.19. The molecule has 3 heterocycles. The van der Waals surface area contributed by atoms with Crippen LogP contribution >= 0.6 is 0 Å². The fourth-order valence-electron chi connectivity index (χ4n) is 6.59. The van der Waals surface area contributed by atoms with Crippen LogP contribution < -0.4 is 0 Å². The molecule has 3 nitrogen and oxygen atoms in total. The number of hydrogen-bond donors (Lipinski definition) is 0. The van der Waals surface area contributed by atoms with Crippen LogP contribution in [0.1, 0.15) is 0 Å². The Morgan fingerprint density at radius 1 is 0.465 bits per heavy atom. The van der Waals surface area contributed by atoms with Gasteiger partial charge in [-0.25, -0.2) is 4.98 Å². The highest BCUT2D eigenvalue weighted by Crippen LogP contribution is 2.43. The van der Waals surface area contributed by atoms with Crippen LogP contribution in [0, 0.1) is 0 Å². The lowest BCUT2D eigenvalue weighted by Gasteiger charge is -2.16. The second-order valence-electron chi connectivity index (χ2n) is 11.1. The molecular weight excluding hydrogens is 522 g/mol.